The maximum atomic E-state index is 11.8. The summed E-state index contributed by atoms with van der Waals surface area (Å²) in [5.41, 5.74) is 4.22. The first-order valence-corrected chi connectivity index (χ1v) is 7.36. The maximum absolute atomic E-state index is 11.8. The molecule has 0 aromatic heterocycles. The van der Waals surface area contributed by atoms with Crippen molar-refractivity contribution in [2.75, 3.05) is 16.8 Å². The van der Waals surface area contributed by atoms with Crippen molar-refractivity contribution in [1.29, 1.82) is 0 Å². The van der Waals surface area contributed by atoms with Gasteiger partial charge < -0.3 is 10.2 Å². The largest absolute Gasteiger partial charge is 0.339 e. The number of nitrogens with zero attached hydrogens (tertiary/aromatic N) is 1. The molecule has 0 radical (unpaired) electrons. The lowest BCUT2D eigenvalue weighted by Gasteiger charge is -2.24. The third-order valence-electron chi connectivity index (χ3n) is 3.43. The molecule has 1 aliphatic heterocycles. The minimum Gasteiger partial charge on any atom is -0.339 e. The summed E-state index contributed by atoms with van der Waals surface area (Å²) in [6.45, 7) is 2.76. The Kier molecular flexibility index (Phi) is 3.49. The van der Waals surface area contributed by atoms with Crippen LogP contribution in [0.15, 0.2) is 46.9 Å². The monoisotopic (exact) mass is 330 g/mol. The van der Waals surface area contributed by atoms with Crippen LogP contribution in [0.25, 0.3) is 0 Å². The molecule has 4 heteroatoms. The van der Waals surface area contributed by atoms with Gasteiger partial charge in [-0.15, -0.1) is 0 Å². The number of aryl methyl sites for hydroxylation is 1. The van der Waals surface area contributed by atoms with E-state index < -0.39 is 0 Å². The lowest BCUT2D eigenvalue weighted by atomic mass is 10.2. The fourth-order valence-electron chi connectivity index (χ4n) is 2.38. The normalized spacial score (nSPS) is 14.5. The average Bonchev–Trinajstić information content (AvgIpc) is 2.58. The molecule has 1 amide bonds. The summed E-state index contributed by atoms with van der Waals surface area (Å²) in [6.07, 6.45) is 0.486. The van der Waals surface area contributed by atoms with Gasteiger partial charge in [-0.2, -0.15) is 0 Å². The summed E-state index contributed by atoms with van der Waals surface area (Å²) in [7, 11) is 0. The zero-order valence-electron chi connectivity index (χ0n) is 11.2. The van der Waals surface area contributed by atoms with E-state index in [1.165, 1.54) is 5.56 Å². The molecule has 2 aromatic carbocycles. The Morgan fingerprint density at radius 2 is 1.90 bits per heavy atom. The number of carbonyl (C=O) groups is 1. The molecule has 3 nitrogen and oxygen atoms in total. The first-order valence-electron chi connectivity index (χ1n) is 6.57. The van der Waals surface area contributed by atoms with E-state index in [0.717, 1.165) is 21.5 Å². The number of halogens is 1. The summed E-state index contributed by atoms with van der Waals surface area (Å²) in [5, 5.41) is 2.96. The van der Waals surface area contributed by atoms with Crippen LogP contribution in [0.2, 0.25) is 0 Å². The highest BCUT2D eigenvalue weighted by molar-refractivity contribution is 9.10. The van der Waals surface area contributed by atoms with Crippen LogP contribution < -0.4 is 10.2 Å². The molecule has 102 valence electrons. The number of fused-ring (bicyclic) bond motifs is 1. The van der Waals surface area contributed by atoms with Gasteiger partial charge in [-0.1, -0.05) is 33.6 Å². The van der Waals surface area contributed by atoms with Crippen LogP contribution in [0.5, 0.6) is 0 Å². The highest BCUT2D eigenvalue weighted by Gasteiger charge is 2.20. The van der Waals surface area contributed by atoms with Crippen LogP contribution in [0, 0.1) is 6.92 Å². The molecule has 0 unspecified atom stereocenters. The summed E-state index contributed by atoms with van der Waals surface area (Å²) in [6, 6.07) is 14.3. The Morgan fingerprint density at radius 1 is 1.15 bits per heavy atom. The molecular formula is C16H15BrN2O. The lowest BCUT2D eigenvalue weighted by Crippen LogP contribution is -2.18. The third-order valence-corrected chi connectivity index (χ3v) is 3.92. The molecule has 0 saturated heterocycles. The van der Waals surface area contributed by atoms with Gasteiger partial charge in [0.2, 0.25) is 5.91 Å². The zero-order chi connectivity index (χ0) is 14.1. The van der Waals surface area contributed by atoms with E-state index >= 15 is 0 Å². The van der Waals surface area contributed by atoms with Crippen molar-refractivity contribution >= 4 is 38.9 Å². The number of hydrogen-bond acceptors (Lipinski definition) is 2. The molecular weight excluding hydrogens is 316 g/mol. The van der Waals surface area contributed by atoms with Crippen molar-refractivity contribution in [1.82, 2.24) is 0 Å². The number of nitrogens with one attached hydrogen (secondary N) is 1. The number of rotatable bonds is 1. The molecule has 3 rings (SSSR count). The first kappa shape index (κ1) is 13.2. The Bertz CT molecular complexity index is 652. The molecule has 0 atom stereocenters. The molecule has 2 aromatic rings. The topological polar surface area (TPSA) is 32.3 Å². The molecule has 0 fully saturated rings. The molecule has 0 bridgehead atoms. The minimum absolute atomic E-state index is 0.0546. The van der Waals surface area contributed by atoms with Crippen molar-refractivity contribution in [3.63, 3.8) is 0 Å². The van der Waals surface area contributed by atoms with Crippen LogP contribution >= 0.6 is 15.9 Å². The second kappa shape index (κ2) is 5.29. The number of benzene rings is 2. The fraction of sp³-hybridized carbons (Fsp3) is 0.188. The summed E-state index contributed by atoms with van der Waals surface area (Å²) in [5.74, 6) is 0.0546. The lowest BCUT2D eigenvalue weighted by molar-refractivity contribution is -0.115. The Morgan fingerprint density at radius 3 is 2.65 bits per heavy atom. The molecule has 1 N–H and O–H groups in total. The van der Waals surface area contributed by atoms with E-state index in [0.29, 0.717) is 13.0 Å². The van der Waals surface area contributed by atoms with Gasteiger partial charge in [0, 0.05) is 23.1 Å². The number of carbonyl (C=O) groups excluding carboxylic acids is 1. The van der Waals surface area contributed by atoms with Crippen molar-refractivity contribution in [2.45, 2.75) is 13.3 Å². The highest BCUT2D eigenvalue weighted by atomic mass is 79.9. The highest BCUT2D eigenvalue weighted by Crippen LogP contribution is 2.36. The average molecular weight is 331 g/mol. The second-order valence-corrected chi connectivity index (χ2v) is 5.86. The Labute approximate surface area is 126 Å². The van der Waals surface area contributed by atoms with Crippen molar-refractivity contribution in [3.05, 3.63) is 52.5 Å². The van der Waals surface area contributed by atoms with Gasteiger partial charge in [-0.3, -0.25) is 4.79 Å². The van der Waals surface area contributed by atoms with Crippen LogP contribution in [0.4, 0.5) is 17.1 Å². The van der Waals surface area contributed by atoms with Gasteiger partial charge in [0.15, 0.2) is 0 Å². The zero-order valence-corrected chi connectivity index (χ0v) is 12.8. The van der Waals surface area contributed by atoms with Gasteiger partial charge >= 0.3 is 0 Å². The van der Waals surface area contributed by atoms with Gasteiger partial charge in [-0.25, -0.2) is 0 Å². The second-order valence-electron chi connectivity index (χ2n) is 4.95. The third kappa shape index (κ3) is 2.56. The quantitative estimate of drug-likeness (QED) is 0.848. The van der Waals surface area contributed by atoms with Crippen LogP contribution in [0.3, 0.4) is 0 Å². The molecule has 1 aliphatic rings. The van der Waals surface area contributed by atoms with E-state index in [1.54, 1.807) is 0 Å². The first-order chi connectivity index (χ1) is 9.63. The summed E-state index contributed by atoms with van der Waals surface area (Å²) in [4.78, 5) is 14.0. The molecule has 20 heavy (non-hydrogen) atoms. The van der Waals surface area contributed by atoms with E-state index in [1.807, 2.05) is 18.2 Å². The van der Waals surface area contributed by atoms with Crippen molar-refractivity contribution in [3.8, 4) is 0 Å². The smallest absolute Gasteiger partial charge is 0.226 e. The standard InChI is InChI=1S/C16H15BrN2O/c1-11-2-5-13(6-3-11)19-9-8-16(20)18-14-10-12(17)4-7-15(14)19/h2-7,10H,8-9H2,1H3,(H,18,20). The van der Waals surface area contributed by atoms with Crippen LogP contribution in [0.1, 0.15) is 12.0 Å². The van der Waals surface area contributed by atoms with E-state index in [-0.39, 0.29) is 5.91 Å². The van der Waals surface area contributed by atoms with Gasteiger partial charge in [0.25, 0.3) is 0 Å². The molecule has 0 spiro atoms. The number of amides is 1. The number of hydrogen-bond donors (Lipinski definition) is 1. The van der Waals surface area contributed by atoms with Crippen molar-refractivity contribution < 1.29 is 4.79 Å². The summed E-state index contributed by atoms with van der Waals surface area (Å²) < 4.78 is 0.960. The Balaban J connectivity index is 2.08. The van der Waals surface area contributed by atoms with Gasteiger partial charge in [-0.05, 0) is 37.3 Å². The number of anilines is 3. The predicted molar refractivity (Wildman–Crippen MR) is 85.6 cm³/mol. The van der Waals surface area contributed by atoms with E-state index in [4.69, 9.17) is 0 Å². The molecule has 0 aliphatic carbocycles. The Hall–Kier alpha value is -1.81. The fourth-order valence-corrected chi connectivity index (χ4v) is 2.74. The van der Waals surface area contributed by atoms with E-state index in [9.17, 15) is 4.79 Å². The van der Waals surface area contributed by atoms with Crippen molar-refractivity contribution in [2.24, 2.45) is 0 Å². The molecule has 1 heterocycles. The minimum atomic E-state index is 0.0546. The maximum Gasteiger partial charge on any atom is 0.226 e. The van der Waals surface area contributed by atoms with Crippen LogP contribution in [-0.2, 0) is 4.79 Å². The summed E-state index contributed by atoms with van der Waals surface area (Å²) >= 11 is 3.45. The van der Waals surface area contributed by atoms with E-state index in [2.05, 4.69) is 57.3 Å². The van der Waals surface area contributed by atoms with Crippen LogP contribution in [-0.4, -0.2) is 12.5 Å². The van der Waals surface area contributed by atoms with Gasteiger partial charge in [0.1, 0.15) is 0 Å². The molecule has 0 saturated carbocycles. The SMILES string of the molecule is Cc1ccc(N2CCC(=O)Nc3cc(Br)ccc32)cc1. The predicted octanol–water partition coefficient (Wildman–Crippen LogP) is 4.24. The van der Waals surface area contributed by atoms with Gasteiger partial charge in [0.05, 0.1) is 11.4 Å².